The molecule has 0 aliphatic carbocycles. The van der Waals surface area contributed by atoms with Gasteiger partial charge in [-0.25, -0.2) is 0 Å². The zero-order valence-electron chi connectivity index (χ0n) is 9.55. The Morgan fingerprint density at radius 3 is 2.72 bits per heavy atom. The minimum absolute atomic E-state index is 0.250. The molecule has 0 saturated carbocycles. The van der Waals surface area contributed by atoms with Crippen molar-refractivity contribution in [3.8, 4) is 0 Å². The van der Waals surface area contributed by atoms with E-state index in [1.165, 1.54) is 10.8 Å². The molecule has 99 valence electrons. The van der Waals surface area contributed by atoms with E-state index in [-0.39, 0.29) is 10.3 Å². The van der Waals surface area contributed by atoms with E-state index in [9.17, 15) is 15.0 Å². The molecule has 2 heterocycles. The standard InChI is InChI=1S/C10H13N2O5Se/c1-4-2-12(10(18)11-8(4)16)9-7(15)6(14)5(3-13)17-9/h2,5-7,9,13-15H,3H2,1H3. The van der Waals surface area contributed by atoms with E-state index in [4.69, 9.17) is 9.84 Å². The molecule has 3 N–H and O–H groups in total. The molecule has 0 amide bonds. The maximum absolute atomic E-state index is 11.3. The maximum atomic E-state index is 11.3. The van der Waals surface area contributed by atoms with Crippen LogP contribution in [0.3, 0.4) is 0 Å². The molecule has 1 aromatic rings. The monoisotopic (exact) mass is 321 g/mol. The Hall–Kier alpha value is -0.761. The summed E-state index contributed by atoms with van der Waals surface area (Å²) in [5.74, 6) is 0. The Labute approximate surface area is 111 Å². The van der Waals surface area contributed by atoms with Crippen LogP contribution >= 0.6 is 0 Å². The second-order valence-electron chi connectivity index (χ2n) is 4.15. The number of rotatable bonds is 2. The van der Waals surface area contributed by atoms with Crippen molar-refractivity contribution in [2.45, 2.75) is 31.5 Å². The Morgan fingerprint density at radius 2 is 2.17 bits per heavy atom. The number of hydrogen-bond acceptors (Lipinski definition) is 6. The van der Waals surface area contributed by atoms with Gasteiger partial charge < -0.3 is 0 Å². The number of hydrogen-bond donors (Lipinski definition) is 3. The van der Waals surface area contributed by atoms with Crippen molar-refractivity contribution < 1.29 is 20.1 Å². The molecule has 1 aliphatic heterocycles. The van der Waals surface area contributed by atoms with Crippen molar-refractivity contribution in [2.24, 2.45) is 0 Å². The van der Waals surface area contributed by atoms with Crippen LogP contribution < -0.4 is 10.3 Å². The third-order valence-corrected chi connectivity index (χ3v) is 3.51. The molecule has 1 saturated heterocycles. The van der Waals surface area contributed by atoms with Gasteiger partial charge in [-0.3, -0.25) is 0 Å². The molecule has 1 aliphatic rings. The van der Waals surface area contributed by atoms with Crippen LogP contribution in [0.25, 0.3) is 0 Å². The summed E-state index contributed by atoms with van der Waals surface area (Å²) in [5.41, 5.74) is 0.0264. The third kappa shape index (κ3) is 2.23. The van der Waals surface area contributed by atoms with Crippen LogP contribution in [0.4, 0.5) is 0 Å². The summed E-state index contributed by atoms with van der Waals surface area (Å²) in [4.78, 5) is 15.1. The number of ether oxygens (including phenoxy) is 1. The van der Waals surface area contributed by atoms with Crippen LogP contribution in [0.1, 0.15) is 11.8 Å². The van der Waals surface area contributed by atoms with Gasteiger partial charge in [0, 0.05) is 0 Å². The molecule has 8 heteroatoms. The summed E-state index contributed by atoms with van der Waals surface area (Å²) >= 11 is 2.60. The van der Waals surface area contributed by atoms with Gasteiger partial charge >= 0.3 is 111 Å². The summed E-state index contributed by atoms with van der Waals surface area (Å²) in [5, 5.41) is 28.5. The van der Waals surface area contributed by atoms with Gasteiger partial charge in [-0.1, -0.05) is 0 Å². The summed E-state index contributed by atoms with van der Waals surface area (Å²) in [6.07, 6.45) is -2.64. The molecule has 4 unspecified atom stereocenters. The summed E-state index contributed by atoms with van der Waals surface area (Å²) in [6, 6.07) is 0. The molecular weight excluding hydrogens is 307 g/mol. The normalized spacial score (nSPS) is 31.8. The van der Waals surface area contributed by atoms with Gasteiger partial charge in [0.05, 0.1) is 0 Å². The zero-order chi connectivity index (χ0) is 13.4. The Balaban J connectivity index is 2.38. The third-order valence-electron chi connectivity index (χ3n) is 2.88. The number of aryl methyl sites for hydroxylation is 1. The number of nitrogens with zero attached hydrogens (tertiary/aromatic N) is 2. The van der Waals surface area contributed by atoms with Gasteiger partial charge in [0.1, 0.15) is 0 Å². The topological polar surface area (TPSA) is 105 Å². The van der Waals surface area contributed by atoms with Crippen molar-refractivity contribution in [1.29, 1.82) is 0 Å². The SMILES string of the molecule is Cc1cn(C2OC(CO)C(O)C2O)c([Se])nc1=O. The van der Waals surface area contributed by atoms with E-state index in [0.29, 0.717) is 5.56 Å². The van der Waals surface area contributed by atoms with Gasteiger partial charge in [-0.2, -0.15) is 0 Å². The van der Waals surface area contributed by atoms with Gasteiger partial charge in [0.25, 0.3) is 0 Å². The number of aliphatic hydroxyl groups is 3. The first kappa shape index (κ1) is 13.7. The average molecular weight is 320 g/mol. The molecule has 7 nitrogen and oxygen atoms in total. The van der Waals surface area contributed by atoms with E-state index in [0.717, 1.165) is 0 Å². The van der Waals surface area contributed by atoms with Crippen LogP contribution in [0, 0.1) is 6.92 Å². The van der Waals surface area contributed by atoms with E-state index >= 15 is 0 Å². The van der Waals surface area contributed by atoms with E-state index in [1.54, 1.807) is 6.92 Å². The first-order valence-corrected chi connectivity index (χ1v) is 6.20. The van der Waals surface area contributed by atoms with Crippen LogP contribution in [-0.2, 0) is 4.74 Å². The van der Waals surface area contributed by atoms with Crippen molar-refractivity contribution in [1.82, 2.24) is 9.55 Å². The van der Waals surface area contributed by atoms with Crippen molar-refractivity contribution in [3.05, 3.63) is 22.1 Å². The van der Waals surface area contributed by atoms with E-state index < -0.39 is 31.1 Å². The fourth-order valence-electron chi connectivity index (χ4n) is 1.84. The first-order valence-electron chi connectivity index (χ1n) is 5.35. The second-order valence-corrected chi connectivity index (χ2v) is 4.91. The zero-order valence-corrected chi connectivity index (χ0v) is 11.3. The molecule has 18 heavy (non-hydrogen) atoms. The fourth-order valence-corrected chi connectivity index (χ4v) is 2.35. The Morgan fingerprint density at radius 1 is 1.50 bits per heavy atom. The van der Waals surface area contributed by atoms with Crippen molar-refractivity contribution >= 4 is 20.7 Å². The van der Waals surface area contributed by atoms with Crippen LogP contribution in [0.5, 0.6) is 0 Å². The molecule has 0 bridgehead atoms. The van der Waals surface area contributed by atoms with Crippen LogP contribution in [-0.4, -0.2) is 65.8 Å². The second kappa shape index (κ2) is 5.08. The molecule has 4 atom stereocenters. The quantitative estimate of drug-likeness (QED) is 0.500. The van der Waals surface area contributed by atoms with Gasteiger partial charge in [-0.05, 0) is 0 Å². The van der Waals surface area contributed by atoms with Gasteiger partial charge in [0.2, 0.25) is 0 Å². The molecule has 1 radical (unpaired) electrons. The summed E-state index contributed by atoms with van der Waals surface area (Å²) < 4.78 is 7.03. The molecule has 0 spiro atoms. The molecule has 0 aromatic carbocycles. The first-order chi connectivity index (χ1) is 8.45. The Kier molecular flexibility index (Phi) is 3.86. The predicted octanol–water partition coefficient (Wildman–Crippen LogP) is -3.04. The molecule has 2 rings (SSSR count). The molecule has 1 fully saturated rings. The van der Waals surface area contributed by atoms with Gasteiger partial charge in [-0.15, -0.1) is 0 Å². The van der Waals surface area contributed by atoms with E-state index in [1.807, 2.05) is 0 Å². The van der Waals surface area contributed by atoms with E-state index in [2.05, 4.69) is 21.0 Å². The average Bonchev–Trinajstić information content (AvgIpc) is 2.61. The Bertz CT molecular complexity index is 506. The number of aromatic nitrogens is 2. The molecular formula is C10H13N2O5Se. The van der Waals surface area contributed by atoms with Crippen LogP contribution in [0.15, 0.2) is 11.0 Å². The molecule has 1 aromatic heterocycles. The van der Waals surface area contributed by atoms with Crippen LogP contribution in [0.2, 0.25) is 0 Å². The fraction of sp³-hybridized carbons (Fsp3) is 0.600. The predicted molar refractivity (Wildman–Crippen MR) is 61.6 cm³/mol. The minimum atomic E-state index is -1.20. The van der Waals surface area contributed by atoms with Crippen molar-refractivity contribution in [2.75, 3.05) is 6.61 Å². The number of aliphatic hydroxyl groups excluding tert-OH is 3. The summed E-state index contributed by atoms with van der Waals surface area (Å²) in [7, 11) is 0. The van der Waals surface area contributed by atoms with Gasteiger partial charge in [0.15, 0.2) is 0 Å². The van der Waals surface area contributed by atoms with Crippen molar-refractivity contribution in [3.63, 3.8) is 0 Å². The summed E-state index contributed by atoms with van der Waals surface area (Å²) in [6.45, 7) is 1.19.